The molecule has 108 valence electrons. The molecule has 1 heterocycles. The summed E-state index contributed by atoms with van der Waals surface area (Å²) in [5, 5.41) is 5.94. The van der Waals surface area contributed by atoms with Crippen LogP contribution in [0.5, 0.6) is 0 Å². The van der Waals surface area contributed by atoms with E-state index in [4.69, 9.17) is 0 Å². The van der Waals surface area contributed by atoms with Crippen molar-refractivity contribution < 1.29 is 0 Å². The number of hydrogen-bond donors (Lipinski definition) is 1. The molecule has 0 bridgehead atoms. The Morgan fingerprint density at radius 3 is 2.68 bits per heavy atom. The van der Waals surface area contributed by atoms with Crippen LogP contribution in [-0.2, 0) is 0 Å². The maximum atomic E-state index is 3.76. The van der Waals surface area contributed by atoms with Gasteiger partial charge in [-0.25, -0.2) is 0 Å². The van der Waals surface area contributed by atoms with Gasteiger partial charge in [0.25, 0.3) is 0 Å². The topological polar surface area (TPSA) is 15.3 Å². The second kappa shape index (κ2) is 7.41. The summed E-state index contributed by atoms with van der Waals surface area (Å²) in [4.78, 5) is 3.95. The first-order valence-corrected chi connectivity index (χ1v) is 8.55. The highest BCUT2D eigenvalue weighted by Gasteiger charge is 2.19. The van der Waals surface area contributed by atoms with Crippen LogP contribution in [0.1, 0.15) is 56.9 Å². The SMILES string of the molecule is CC(CNC1CCCCC1)N(C)C(C)c1cccs1. The van der Waals surface area contributed by atoms with Crippen molar-refractivity contribution >= 4 is 11.3 Å². The molecular weight excluding hydrogens is 252 g/mol. The standard InChI is InChI=1S/C16H28N2S/c1-13(12-17-15-8-5-4-6-9-15)18(3)14(2)16-10-7-11-19-16/h7,10-11,13-15,17H,4-6,8-9,12H2,1-3H3. The fourth-order valence-electron chi connectivity index (χ4n) is 2.90. The molecular formula is C16H28N2S. The third-order valence-electron chi connectivity index (χ3n) is 4.57. The highest BCUT2D eigenvalue weighted by atomic mass is 32.1. The van der Waals surface area contributed by atoms with Crippen molar-refractivity contribution in [3.63, 3.8) is 0 Å². The first-order chi connectivity index (χ1) is 9.18. The molecule has 1 aliphatic carbocycles. The molecule has 2 atom stereocenters. The van der Waals surface area contributed by atoms with Crippen molar-refractivity contribution in [1.82, 2.24) is 10.2 Å². The summed E-state index contributed by atoms with van der Waals surface area (Å²) in [6.45, 7) is 5.75. The molecule has 1 aliphatic rings. The molecule has 0 amide bonds. The molecule has 1 fully saturated rings. The van der Waals surface area contributed by atoms with E-state index >= 15 is 0 Å². The van der Waals surface area contributed by atoms with Crippen molar-refractivity contribution in [2.24, 2.45) is 0 Å². The predicted molar refractivity (Wildman–Crippen MR) is 84.8 cm³/mol. The summed E-state index contributed by atoms with van der Waals surface area (Å²) < 4.78 is 0. The van der Waals surface area contributed by atoms with E-state index in [1.165, 1.54) is 37.0 Å². The van der Waals surface area contributed by atoms with Gasteiger partial charge in [0.15, 0.2) is 0 Å². The van der Waals surface area contributed by atoms with Gasteiger partial charge in [-0.15, -0.1) is 11.3 Å². The quantitative estimate of drug-likeness (QED) is 0.845. The summed E-state index contributed by atoms with van der Waals surface area (Å²) >= 11 is 1.86. The highest BCUT2D eigenvalue weighted by molar-refractivity contribution is 7.10. The van der Waals surface area contributed by atoms with Crippen LogP contribution in [0, 0.1) is 0 Å². The fourth-order valence-corrected chi connectivity index (χ4v) is 3.73. The van der Waals surface area contributed by atoms with E-state index in [0.717, 1.165) is 12.6 Å². The minimum atomic E-state index is 0.517. The predicted octanol–water partition coefficient (Wildman–Crippen LogP) is 4.05. The first-order valence-electron chi connectivity index (χ1n) is 7.67. The van der Waals surface area contributed by atoms with Crippen molar-refractivity contribution in [3.05, 3.63) is 22.4 Å². The molecule has 1 N–H and O–H groups in total. The van der Waals surface area contributed by atoms with Gasteiger partial charge in [0.1, 0.15) is 0 Å². The molecule has 0 radical (unpaired) electrons. The zero-order chi connectivity index (χ0) is 13.7. The molecule has 0 aromatic carbocycles. The van der Waals surface area contributed by atoms with Gasteiger partial charge in [0, 0.05) is 29.5 Å². The van der Waals surface area contributed by atoms with Crippen molar-refractivity contribution in [2.75, 3.05) is 13.6 Å². The lowest BCUT2D eigenvalue weighted by Crippen LogP contribution is -2.43. The van der Waals surface area contributed by atoms with Crippen LogP contribution in [0.25, 0.3) is 0 Å². The largest absolute Gasteiger partial charge is 0.312 e. The lowest BCUT2D eigenvalue weighted by Gasteiger charge is -2.32. The lowest BCUT2D eigenvalue weighted by atomic mass is 9.95. The van der Waals surface area contributed by atoms with Gasteiger partial charge in [-0.3, -0.25) is 4.90 Å². The van der Waals surface area contributed by atoms with E-state index in [2.05, 4.69) is 48.6 Å². The van der Waals surface area contributed by atoms with Crippen LogP contribution in [-0.4, -0.2) is 30.6 Å². The van der Waals surface area contributed by atoms with Crippen LogP contribution in [0.4, 0.5) is 0 Å². The number of rotatable bonds is 6. The van der Waals surface area contributed by atoms with Gasteiger partial charge < -0.3 is 5.32 Å². The van der Waals surface area contributed by atoms with Crippen molar-refractivity contribution in [1.29, 1.82) is 0 Å². The average molecular weight is 280 g/mol. The summed E-state index contributed by atoms with van der Waals surface area (Å²) in [5.41, 5.74) is 0. The van der Waals surface area contributed by atoms with E-state index in [0.29, 0.717) is 12.1 Å². The Balaban J connectivity index is 1.76. The van der Waals surface area contributed by atoms with E-state index < -0.39 is 0 Å². The minimum Gasteiger partial charge on any atom is -0.312 e. The third kappa shape index (κ3) is 4.30. The maximum absolute atomic E-state index is 3.76. The molecule has 19 heavy (non-hydrogen) atoms. The zero-order valence-corrected chi connectivity index (χ0v) is 13.4. The second-order valence-corrected chi connectivity index (χ2v) is 6.93. The van der Waals surface area contributed by atoms with E-state index in [1.807, 2.05) is 11.3 Å². The first kappa shape index (κ1) is 15.0. The van der Waals surface area contributed by atoms with Crippen LogP contribution < -0.4 is 5.32 Å². The Morgan fingerprint density at radius 1 is 1.32 bits per heavy atom. The molecule has 2 nitrogen and oxygen atoms in total. The second-order valence-electron chi connectivity index (χ2n) is 5.95. The molecule has 1 aromatic heterocycles. The van der Waals surface area contributed by atoms with E-state index in [1.54, 1.807) is 0 Å². The van der Waals surface area contributed by atoms with Gasteiger partial charge in [-0.1, -0.05) is 25.3 Å². The summed E-state index contributed by atoms with van der Waals surface area (Å²) in [7, 11) is 2.25. The Kier molecular flexibility index (Phi) is 5.86. The van der Waals surface area contributed by atoms with Gasteiger partial charge in [-0.2, -0.15) is 0 Å². The Labute approximate surface area is 122 Å². The number of nitrogens with one attached hydrogen (secondary N) is 1. The number of nitrogens with zero attached hydrogens (tertiary/aromatic N) is 1. The molecule has 0 aliphatic heterocycles. The van der Waals surface area contributed by atoms with Crippen LogP contribution in [0.15, 0.2) is 17.5 Å². The monoisotopic (exact) mass is 280 g/mol. The van der Waals surface area contributed by atoms with Gasteiger partial charge in [0.05, 0.1) is 0 Å². The van der Waals surface area contributed by atoms with Crippen molar-refractivity contribution in [3.8, 4) is 0 Å². The Morgan fingerprint density at radius 2 is 2.05 bits per heavy atom. The Bertz CT molecular complexity index is 344. The van der Waals surface area contributed by atoms with Crippen LogP contribution in [0.3, 0.4) is 0 Å². The number of thiophene rings is 1. The minimum absolute atomic E-state index is 0.517. The normalized spacial score (nSPS) is 20.6. The molecule has 1 aromatic rings. The Hall–Kier alpha value is -0.380. The van der Waals surface area contributed by atoms with Crippen LogP contribution >= 0.6 is 11.3 Å². The smallest absolute Gasteiger partial charge is 0.0413 e. The van der Waals surface area contributed by atoms with Crippen LogP contribution in [0.2, 0.25) is 0 Å². The molecule has 2 rings (SSSR count). The van der Waals surface area contributed by atoms with Gasteiger partial charge >= 0.3 is 0 Å². The zero-order valence-electron chi connectivity index (χ0n) is 12.6. The fraction of sp³-hybridized carbons (Fsp3) is 0.750. The highest BCUT2D eigenvalue weighted by Crippen LogP contribution is 2.25. The number of likely N-dealkylation sites (N-methyl/N-ethyl adjacent to an activating group) is 1. The third-order valence-corrected chi connectivity index (χ3v) is 5.61. The van der Waals surface area contributed by atoms with Gasteiger partial charge in [0.2, 0.25) is 0 Å². The molecule has 0 saturated heterocycles. The molecule has 3 heteroatoms. The van der Waals surface area contributed by atoms with E-state index in [-0.39, 0.29) is 0 Å². The maximum Gasteiger partial charge on any atom is 0.0413 e. The number of hydrogen-bond acceptors (Lipinski definition) is 3. The van der Waals surface area contributed by atoms with E-state index in [9.17, 15) is 0 Å². The summed E-state index contributed by atoms with van der Waals surface area (Å²) in [6, 6.07) is 6.26. The average Bonchev–Trinajstić information content (AvgIpc) is 2.98. The summed E-state index contributed by atoms with van der Waals surface area (Å²) in [5.74, 6) is 0. The molecule has 1 saturated carbocycles. The van der Waals surface area contributed by atoms with Crippen molar-refractivity contribution in [2.45, 2.75) is 64.1 Å². The molecule has 2 unspecified atom stereocenters. The van der Waals surface area contributed by atoms with Gasteiger partial charge in [-0.05, 0) is 45.2 Å². The molecule has 0 spiro atoms. The lowest BCUT2D eigenvalue weighted by molar-refractivity contribution is 0.188. The summed E-state index contributed by atoms with van der Waals surface area (Å²) in [6.07, 6.45) is 7.00.